The Bertz CT molecular complexity index is 340. The summed E-state index contributed by atoms with van der Waals surface area (Å²) >= 11 is 0. The van der Waals surface area contributed by atoms with E-state index in [0.29, 0.717) is 11.8 Å². The molecule has 0 atom stereocenters. The number of hydrogen-bond donors (Lipinski definition) is 0. The molecule has 0 saturated heterocycles. The number of rotatable bonds is 3. The number of carbonyl (C=O) groups is 1. The molecule has 0 unspecified atom stereocenters. The van der Waals surface area contributed by atoms with Gasteiger partial charge in [-0.25, -0.2) is 0 Å². The Balaban J connectivity index is 2.02. The number of nitrogens with zero attached hydrogens (tertiary/aromatic N) is 2. The van der Waals surface area contributed by atoms with Gasteiger partial charge in [-0.05, 0) is 19.8 Å². The van der Waals surface area contributed by atoms with Gasteiger partial charge in [-0.1, -0.05) is 24.4 Å². The summed E-state index contributed by atoms with van der Waals surface area (Å²) in [5.41, 5.74) is 0. The number of carbonyl (C=O) groups excluding carboxylic acids is 1. The van der Waals surface area contributed by atoms with E-state index < -0.39 is 0 Å². The molecule has 15 heavy (non-hydrogen) atoms. The fraction of sp³-hybridized carbons (Fsp3) is 0.727. The van der Waals surface area contributed by atoms with E-state index in [-0.39, 0.29) is 12.2 Å². The Morgan fingerprint density at radius 1 is 1.40 bits per heavy atom. The smallest absolute Gasteiger partial charge is 0.234 e. The van der Waals surface area contributed by atoms with E-state index in [9.17, 15) is 4.79 Å². The van der Waals surface area contributed by atoms with Crippen molar-refractivity contribution >= 4 is 5.78 Å². The van der Waals surface area contributed by atoms with Crippen LogP contribution in [0.25, 0.3) is 0 Å². The lowest BCUT2D eigenvalue weighted by atomic mass is 9.89. The van der Waals surface area contributed by atoms with Crippen LogP contribution in [-0.2, 0) is 11.2 Å². The highest BCUT2D eigenvalue weighted by Crippen LogP contribution is 2.30. The zero-order valence-electron chi connectivity index (χ0n) is 9.03. The second-order valence-corrected chi connectivity index (χ2v) is 4.26. The molecule has 0 spiro atoms. The summed E-state index contributed by atoms with van der Waals surface area (Å²) in [7, 11) is 0. The lowest BCUT2D eigenvalue weighted by Crippen LogP contribution is -2.06. The minimum atomic E-state index is 0.0637. The number of Topliss-reactive ketones (excluding diaryl/α,β-unsaturated/α-hetero) is 1. The van der Waals surface area contributed by atoms with Gasteiger partial charge in [-0.2, -0.15) is 4.98 Å². The van der Waals surface area contributed by atoms with Gasteiger partial charge in [0, 0.05) is 5.92 Å². The third-order valence-electron chi connectivity index (χ3n) is 2.85. The van der Waals surface area contributed by atoms with Crippen molar-refractivity contribution < 1.29 is 9.32 Å². The van der Waals surface area contributed by atoms with Gasteiger partial charge in [0.1, 0.15) is 5.78 Å². The minimum absolute atomic E-state index is 0.0637. The van der Waals surface area contributed by atoms with E-state index >= 15 is 0 Å². The van der Waals surface area contributed by atoms with E-state index in [2.05, 4.69) is 10.1 Å². The van der Waals surface area contributed by atoms with Gasteiger partial charge >= 0.3 is 0 Å². The highest BCUT2D eigenvalue weighted by molar-refractivity contribution is 5.77. The van der Waals surface area contributed by atoms with Crippen molar-refractivity contribution in [2.45, 2.75) is 51.4 Å². The molecule has 1 saturated carbocycles. The van der Waals surface area contributed by atoms with E-state index in [1.165, 1.54) is 26.2 Å². The third kappa shape index (κ3) is 2.64. The molecule has 2 rings (SSSR count). The third-order valence-corrected chi connectivity index (χ3v) is 2.85. The van der Waals surface area contributed by atoms with Gasteiger partial charge in [0.05, 0.1) is 6.42 Å². The molecular weight excluding hydrogens is 192 g/mol. The first-order chi connectivity index (χ1) is 7.25. The summed E-state index contributed by atoms with van der Waals surface area (Å²) in [5.74, 6) is 1.77. The molecule has 1 aromatic rings. The lowest BCUT2D eigenvalue weighted by Gasteiger charge is -2.17. The monoisotopic (exact) mass is 208 g/mol. The maximum atomic E-state index is 10.9. The fourth-order valence-corrected chi connectivity index (χ4v) is 2.08. The van der Waals surface area contributed by atoms with Crippen LogP contribution in [-0.4, -0.2) is 15.9 Å². The van der Waals surface area contributed by atoms with E-state index in [4.69, 9.17) is 4.52 Å². The topological polar surface area (TPSA) is 56.0 Å². The molecule has 1 aliphatic rings. The predicted octanol–water partition coefficient (Wildman–Crippen LogP) is 2.25. The highest BCUT2D eigenvalue weighted by atomic mass is 16.5. The summed E-state index contributed by atoms with van der Waals surface area (Å²) in [6.07, 6.45) is 6.38. The van der Waals surface area contributed by atoms with Crippen LogP contribution in [0, 0.1) is 0 Å². The first-order valence-electron chi connectivity index (χ1n) is 5.57. The second-order valence-electron chi connectivity index (χ2n) is 4.26. The lowest BCUT2D eigenvalue weighted by molar-refractivity contribution is -0.116. The van der Waals surface area contributed by atoms with Crippen molar-refractivity contribution in [3.8, 4) is 0 Å². The molecule has 0 aromatic carbocycles. The highest BCUT2D eigenvalue weighted by Gasteiger charge is 2.20. The molecular formula is C11H16N2O2. The van der Waals surface area contributed by atoms with Crippen LogP contribution < -0.4 is 0 Å². The van der Waals surface area contributed by atoms with Crippen LogP contribution in [0.5, 0.6) is 0 Å². The molecule has 1 heterocycles. The SMILES string of the molecule is CC(=O)Cc1nc(C2CCCCC2)no1. The molecule has 1 aromatic heterocycles. The largest absolute Gasteiger partial charge is 0.339 e. The first-order valence-corrected chi connectivity index (χ1v) is 5.57. The van der Waals surface area contributed by atoms with Crippen LogP contribution in [0.15, 0.2) is 4.52 Å². The van der Waals surface area contributed by atoms with E-state index in [1.54, 1.807) is 0 Å². The van der Waals surface area contributed by atoms with Crippen molar-refractivity contribution in [2.75, 3.05) is 0 Å². The molecule has 0 bridgehead atoms. The van der Waals surface area contributed by atoms with Crippen LogP contribution in [0.1, 0.15) is 56.7 Å². The quantitative estimate of drug-likeness (QED) is 0.764. The number of ketones is 1. The van der Waals surface area contributed by atoms with Gasteiger partial charge in [0.15, 0.2) is 5.82 Å². The van der Waals surface area contributed by atoms with Gasteiger partial charge < -0.3 is 4.52 Å². The maximum Gasteiger partial charge on any atom is 0.234 e. The van der Waals surface area contributed by atoms with Gasteiger partial charge in [-0.15, -0.1) is 0 Å². The standard InChI is InChI=1S/C11H16N2O2/c1-8(14)7-10-12-11(13-15-10)9-5-3-2-4-6-9/h9H,2-7H2,1H3. The molecule has 1 fully saturated rings. The van der Waals surface area contributed by atoms with Crippen molar-refractivity contribution in [2.24, 2.45) is 0 Å². The maximum absolute atomic E-state index is 10.9. The zero-order valence-corrected chi connectivity index (χ0v) is 9.03. The van der Waals surface area contributed by atoms with Crippen LogP contribution in [0.4, 0.5) is 0 Å². The molecule has 0 N–H and O–H groups in total. The summed E-state index contributed by atoms with van der Waals surface area (Å²) in [6.45, 7) is 1.53. The molecule has 4 heteroatoms. The molecule has 0 aliphatic heterocycles. The fourth-order valence-electron chi connectivity index (χ4n) is 2.08. The summed E-state index contributed by atoms with van der Waals surface area (Å²) < 4.78 is 5.05. The molecule has 4 nitrogen and oxygen atoms in total. The predicted molar refractivity (Wildman–Crippen MR) is 54.5 cm³/mol. The van der Waals surface area contributed by atoms with E-state index in [0.717, 1.165) is 18.7 Å². The number of hydrogen-bond acceptors (Lipinski definition) is 4. The van der Waals surface area contributed by atoms with Crippen LogP contribution >= 0.6 is 0 Å². The Morgan fingerprint density at radius 2 is 2.13 bits per heavy atom. The summed E-state index contributed by atoms with van der Waals surface area (Å²) in [5, 5.41) is 3.95. The zero-order chi connectivity index (χ0) is 10.7. The summed E-state index contributed by atoms with van der Waals surface area (Å²) in [6, 6.07) is 0. The Morgan fingerprint density at radius 3 is 2.80 bits per heavy atom. The number of aromatic nitrogens is 2. The Hall–Kier alpha value is -1.19. The molecule has 0 amide bonds. The van der Waals surface area contributed by atoms with Crippen LogP contribution in [0.3, 0.4) is 0 Å². The van der Waals surface area contributed by atoms with Crippen molar-refractivity contribution in [1.82, 2.24) is 10.1 Å². The van der Waals surface area contributed by atoms with Crippen LogP contribution in [0.2, 0.25) is 0 Å². The average molecular weight is 208 g/mol. The average Bonchev–Trinajstić information content (AvgIpc) is 2.67. The van der Waals surface area contributed by atoms with E-state index in [1.807, 2.05) is 0 Å². The van der Waals surface area contributed by atoms with Gasteiger partial charge in [0.25, 0.3) is 0 Å². The normalized spacial score (nSPS) is 17.9. The van der Waals surface area contributed by atoms with Gasteiger partial charge in [0.2, 0.25) is 5.89 Å². The molecule has 0 radical (unpaired) electrons. The first kappa shape index (κ1) is 10.3. The summed E-state index contributed by atoms with van der Waals surface area (Å²) in [4.78, 5) is 15.1. The Labute approximate surface area is 89.1 Å². The van der Waals surface area contributed by atoms with Gasteiger partial charge in [-0.3, -0.25) is 4.79 Å². The van der Waals surface area contributed by atoms with Crippen molar-refractivity contribution in [3.05, 3.63) is 11.7 Å². The van der Waals surface area contributed by atoms with Crippen molar-refractivity contribution in [3.63, 3.8) is 0 Å². The second kappa shape index (κ2) is 4.55. The Kier molecular flexibility index (Phi) is 3.14. The van der Waals surface area contributed by atoms with Crippen molar-refractivity contribution in [1.29, 1.82) is 0 Å². The molecule has 1 aliphatic carbocycles. The minimum Gasteiger partial charge on any atom is -0.339 e. The molecule has 82 valence electrons.